The van der Waals surface area contributed by atoms with Crippen LogP contribution in [-0.2, 0) is 10.1 Å². The maximum atomic E-state index is 12.6. The fourth-order valence-electron chi connectivity index (χ4n) is 2.62. The van der Waals surface area contributed by atoms with E-state index in [1.54, 1.807) is 6.07 Å². The van der Waals surface area contributed by atoms with Crippen molar-refractivity contribution in [2.45, 2.75) is 18.7 Å². The summed E-state index contributed by atoms with van der Waals surface area (Å²) in [4.78, 5) is 24.4. The number of benzene rings is 3. The van der Waals surface area contributed by atoms with Crippen LogP contribution in [0.25, 0.3) is 0 Å². The van der Waals surface area contributed by atoms with Crippen LogP contribution < -0.4 is 32.4 Å². The Morgan fingerprint density at radius 2 is 1.57 bits per heavy atom. The van der Waals surface area contributed by atoms with Crippen LogP contribution in [0.5, 0.6) is 0 Å². The third-order valence-corrected chi connectivity index (χ3v) is 5.07. The fourth-order valence-corrected chi connectivity index (χ4v) is 3.10. The van der Waals surface area contributed by atoms with Gasteiger partial charge in [0.05, 0.1) is 16.3 Å². The second kappa shape index (κ2) is 8.39. The molecule has 0 heterocycles. The molecule has 3 aromatic carbocycles. The summed E-state index contributed by atoms with van der Waals surface area (Å²) in [6.07, 6.45) is 0. The molecular formula is C20H18N4O5S. The maximum Gasteiger partial charge on any atom is 0.294 e. The van der Waals surface area contributed by atoms with Gasteiger partial charge in [-0.1, -0.05) is 17.7 Å². The summed E-state index contributed by atoms with van der Waals surface area (Å²) >= 11 is 0. The van der Waals surface area contributed by atoms with Crippen molar-refractivity contribution in [2.24, 2.45) is 10.2 Å². The number of rotatable bonds is 5. The van der Waals surface area contributed by atoms with E-state index in [0.29, 0.717) is 11.4 Å². The number of aryl methyl sites for hydroxylation is 2. The molecule has 0 aromatic heterocycles. The Morgan fingerprint density at radius 1 is 0.867 bits per heavy atom. The van der Waals surface area contributed by atoms with Crippen molar-refractivity contribution in [3.8, 4) is 0 Å². The Morgan fingerprint density at radius 3 is 2.20 bits per heavy atom. The van der Waals surface area contributed by atoms with Crippen LogP contribution in [0.2, 0.25) is 0 Å². The molecule has 0 bridgehead atoms. The first-order chi connectivity index (χ1) is 14.1. The summed E-state index contributed by atoms with van der Waals surface area (Å²) < 4.78 is 31.1. The Labute approximate surface area is 171 Å². The maximum absolute atomic E-state index is 12.6. The van der Waals surface area contributed by atoms with Crippen LogP contribution in [-0.4, -0.2) is 13.0 Å². The molecule has 0 aliphatic heterocycles. The van der Waals surface area contributed by atoms with Crippen molar-refractivity contribution in [1.29, 1.82) is 0 Å². The van der Waals surface area contributed by atoms with Crippen LogP contribution >= 0.6 is 0 Å². The third kappa shape index (κ3) is 4.85. The number of nitrogens with one attached hydrogen (secondary N) is 2. The van der Waals surface area contributed by atoms with E-state index in [-0.39, 0.29) is 15.6 Å². The van der Waals surface area contributed by atoms with Crippen LogP contribution in [0.1, 0.15) is 11.1 Å². The number of nitrogens with zero attached hydrogens (tertiary/aromatic N) is 2. The van der Waals surface area contributed by atoms with Crippen molar-refractivity contribution in [3.63, 3.8) is 0 Å². The largest absolute Gasteiger partial charge is 0.294 e. The predicted octanol–water partition coefficient (Wildman–Crippen LogP) is 1.00. The summed E-state index contributed by atoms with van der Waals surface area (Å²) in [5.41, 5.74) is 7.15. The zero-order valence-corrected chi connectivity index (χ0v) is 16.9. The summed E-state index contributed by atoms with van der Waals surface area (Å²) in [5.74, 6) is 0. The summed E-state index contributed by atoms with van der Waals surface area (Å²) in [7, 11) is -4.30. The lowest BCUT2D eigenvalue weighted by Gasteiger charge is -2.05. The first-order valence-electron chi connectivity index (χ1n) is 8.74. The molecular weight excluding hydrogens is 408 g/mol. The summed E-state index contributed by atoms with van der Waals surface area (Å²) in [6, 6.07) is 13.2. The molecule has 3 N–H and O–H groups in total. The van der Waals surface area contributed by atoms with Gasteiger partial charge in [0, 0.05) is 0 Å². The van der Waals surface area contributed by atoms with Crippen LogP contribution in [0.4, 0.5) is 11.4 Å². The molecule has 0 aliphatic carbocycles. The molecule has 0 unspecified atom stereocenters. The smallest absolute Gasteiger partial charge is 0.287 e. The lowest BCUT2D eigenvalue weighted by Crippen LogP contribution is -2.48. The molecule has 3 rings (SSSR count). The molecule has 0 spiro atoms. The number of hydrogen-bond acceptors (Lipinski definition) is 8. The van der Waals surface area contributed by atoms with Gasteiger partial charge in [-0.2, -0.15) is 18.6 Å². The minimum atomic E-state index is -4.30. The highest BCUT2D eigenvalue weighted by Crippen LogP contribution is 2.15. The molecule has 30 heavy (non-hydrogen) atoms. The van der Waals surface area contributed by atoms with Crippen molar-refractivity contribution >= 4 is 21.5 Å². The lowest BCUT2D eigenvalue weighted by molar-refractivity contribution is 0.483. The van der Waals surface area contributed by atoms with E-state index in [1.807, 2.05) is 26.0 Å². The Balaban J connectivity index is 1.92. The minimum Gasteiger partial charge on any atom is -0.287 e. The van der Waals surface area contributed by atoms with E-state index >= 15 is 0 Å². The van der Waals surface area contributed by atoms with Gasteiger partial charge in [0.2, 0.25) is 10.9 Å². The molecule has 0 radical (unpaired) electrons. The van der Waals surface area contributed by atoms with E-state index in [4.69, 9.17) is 4.55 Å². The van der Waals surface area contributed by atoms with Gasteiger partial charge < -0.3 is 0 Å². The van der Waals surface area contributed by atoms with Gasteiger partial charge in [0.25, 0.3) is 10.1 Å². The van der Waals surface area contributed by atoms with Crippen molar-refractivity contribution < 1.29 is 13.0 Å². The zero-order valence-electron chi connectivity index (χ0n) is 16.1. The van der Waals surface area contributed by atoms with E-state index in [0.717, 1.165) is 11.1 Å². The third-order valence-electron chi connectivity index (χ3n) is 4.20. The molecule has 0 atom stereocenters. The normalized spacial score (nSPS) is 12.8. The molecule has 0 amide bonds. The molecule has 0 saturated carbocycles. The predicted molar refractivity (Wildman–Crippen MR) is 112 cm³/mol. The van der Waals surface area contributed by atoms with Gasteiger partial charge >= 0.3 is 0 Å². The Bertz CT molecular complexity index is 1420. The van der Waals surface area contributed by atoms with Gasteiger partial charge in [-0.15, -0.1) is 0 Å². The lowest BCUT2D eigenvalue weighted by atomic mass is 10.1. The van der Waals surface area contributed by atoms with E-state index in [9.17, 15) is 18.0 Å². The molecule has 0 saturated heterocycles. The second-order valence-corrected chi connectivity index (χ2v) is 7.95. The van der Waals surface area contributed by atoms with Crippen LogP contribution in [0.15, 0.2) is 79.3 Å². The van der Waals surface area contributed by atoms with E-state index in [1.165, 1.54) is 36.4 Å². The standard InChI is InChI=1S/C20H18N4O5S/c1-12-3-8-16(13(2)11-12)22-24-19-18(25)10-9-17(20(19)26)23-21-14-4-6-15(7-5-14)30(27,28)29/h3-11,21-22H,1-2H3,(H,27,28,29)/b23-17-,24-19-. The Hall–Kier alpha value is -3.63. The first-order valence-corrected chi connectivity index (χ1v) is 10.2. The zero-order chi connectivity index (χ0) is 21.9. The van der Waals surface area contributed by atoms with Crippen molar-refractivity contribution in [3.05, 3.63) is 96.9 Å². The first kappa shape index (κ1) is 21.1. The Kier molecular flexibility index (Phi) is 5.90. The number of anilines is 2. The van der Waals surface area contributed by atoms with Gasteiger partial charge in [-0.05, 0) is 61.9 Å². The molecule has 154 valence electrons. The fraction of sp³-hybridized carbons (Fsp3) is 0.100. The monoisotopic (exact) mass is 426 g/mol. The summed E-state index contributed by atoms with van der Waals surface area (Å²) in [5, 5.41) is 7.56. The highest BCUT2D eigenvalue weighted by atomic mass is 32.2. The van der Waals surface area contributed by atoms with Gasteiger partial charge in [0.1, 0.15) is 5.36 Å². The van der Waals surface area contributed by atoms with Gasteiger partial charge in [-0.3, -0.25) is 25.0 Å². The second-order valence-electron chi connectivity index (χ2n) is 6.53. The molecule has 9 nitrogen and oxygen atoms in total. The molecule has 0 aliphatic rings. The van der Waals surface area contributed by atoms with Crippen LogP contribution in [0, 0.1) is 13.8 Å². The quantitative estimate of drug-likeness (QED) is 0.409. The van der Waals surface area contributed by atoms with E-state index < -0.39 is 21.0 Å². The molecule has 10 heteroatoms. The minimum absolute atomic E-state index is 0.0466. The molecule has 0 fully saturated rings. The molecule has 3 aromatic rings. The number of hydrogen-bond donors (Lipinski definition) is 3. The van der Waals surface area contributed by atoms with Crippen LogP contribution in [0.3, 0.4) is 0 Å². The average Bonchev–Trinajstić information content (AvgIpc) is 2.68. The SMILES string of the molecule is Cc1ccc(N/N=c2/c(=O)cc/c(=N/Nc3ccc(S(=O)(=O)O)cc3)c2=O)c(C)c1. The topological polar surface area (TPSA) is 137 Å². The average molecular weight is 426 g/mol. The van der Waals surface area contributed by atoms with Gasteiger partial charge in [-0.25, -0.2) is 0 Å². The van der Waals surface area contributed by atoms with Crippen molar-refractivity contribution in [1.82, 2.24) is 0 Å². The van der Waals surface area contributed by atoms with Gasteiger partial charge in [0.15, 0.2) is 5.36 Å². The highest BCUT2D eigenvalue weighted by Gasteiger charge is 2.08. The van der Waals surface area contributed by atoms with Crippen molar-refractivity contribution in [2.75, 3.05) is 10.9 Å². The summed E-state index contributed by atoms with van der Waals surface area (Å²) in [6.45, 7) is 3.83. The van der Waals surface area contributed by atoms with E-state index in [2.05, 4.69) is 21.1 Å². The highest BCUT2D eigenvalue weighted by molar-refractivity contribution is 7.85.